The molecular formula is C26H24ClF3N4O3S. The summed E-state index contributed by atoms with van der Waals surface area (Å²) in [6, 6.07) is 8.77. The van der Waals surface area contributed by atoms with E-state index in [1.165, 1.54) is 21.7 Å². The number of benzene rings is 2. The highest BCUT2D eigenvalue weighted by atomic mass is 35.5. The average molecular weight is 565 g/mol. The number of aliphatic hydroxyl groups is 1. The fourth-order valence-electron chi connectivity index (χ4n) is 4.92. The molecule has 2 saturated heterocycles. The Morgan fingerprint density at radius 3 is 2.61 bits per heavy atom. The molecule has 3 aromatic rings. The Labute approximate surface area is 225 Å². The maximum Gasteiger partial charge on any atom is 0.416 e. The number of hydrogen-bond acceptors (Lipinski definition) is 6. The second kappa shape index (κ2) is 10.7. The van der Waals surface area contributed by atoms with E-state index in [1.807, 2.05) is 0 Å². The first-order chi connectivity index (χ1) is 18.1. The van der Waals surface area contributed by atoms with Gasteiger partial charge in [0.2, 0.25) is 0 Å². The number of imide groups is 1. The van der Waals surface area contributed by atoms with Crippen LogP contribution in [0.4, 0.5) is 18.0 Å². The molecule has 0 saturated carbocycles. The Kier molecular flexibility index (Phi) is 7.54. The zero-order chi connectivity index (χ0) is 27.0. The van der Waals surface area contributed by atoms with Crippen LogP contribution >= 0.6 is 23.4 Å². The summed E-state index contributed by atoms with van der Waals surface area (Å²) in [5.74, 6) is -0.321. The SMILES string of the molecule is O=C1S/C(=C\c2ccc3c(cnn3Cc3ccc(Cl)cc3C(F)(F)F)c2)C(=O)N1C1CCN(CCO)CC1. The second-order valence-corrected chi connectivity index (χ2v) is 10.7. The lowest BCUT2D eigenvalue weighted by atomic mass is 10.0. The number of nitrogens with zero attached hydrogens (tertiary/aromatic N) is 4. The number of aromatic nitrogens is 2. The molecule has 2 aliphatic rings. The molecule has 0 spiro atoms. The second-order valence-electron chi connectivity index (χ2n) is 9.27. The Morgan fingerprint density at radius 2 is 1.89 bits per heavy atom. The third kappa shape index (κ3) is 5.47. The van der Waals surface area contributed by atoms with Gasteiger partial charge in [-0.2, -0.15) is 18.3 Å². The van der Waals surface area contributed by atoms with Gasteiger partial charge in [0.05, 0.1) is 35.3 Å². The number of carbonyl (C=O) groups excluding carboxylic acids is 2. The third-order valence-electron chi connectivity index (χ3n) is 6.82. The minimum absolute atomic E-state index is 0.00705. The maximum absolute atomic E-state index is 13.5. The Morgan fingerprint density at radius 1 is 1.13 bits per heavy atom. The topological polar surface area (TPSA) is 78.7 Å². The van der Waals surface area contributed by atoms with Gasteiger partial charge in [-0.3, -0.25) is 19.2 Å². The number of alkyl halides is 3. The van der Waals surface area contributed by atoms with E-state index >= 15 is 0 Å². The third-order valence-corrected chi connectivity index (χ3v) is 7.94. The van der Waals surface area contributed by atoms with Crippen LogP contribution in [0.15, 0.2) is 47.5 Å². The number of likely N-dealkylation sites (tertiary alicyclic amines) is 1. The molecule has 2 fully saturated rings. The monoisotopic (exact) mass is 564 g/mol. The lowest BCUT2D eigenvalue weighted by Crippen LogP contribution is -2.47. The van der Waals surface area contributed by atoms with Gasteiger partial charge in [-0.15, -0.1) is 0 Å². The number of thioether (sulfide) groups is 1. The normalized spacial score (nSPS) is 18.9. The van der Waals surface area contributed by atoms with E-state index < -0.39 is 11.7 Å². The molecule has 2 amide bonds. The predicted octanol–water partition coefficient (Wildman–Crippen LogP) is 5.25. The molecule has 0 bridgehead atoms. The van der Waals surface area contributed by atoms with Gasteiger partial charge < -0.3 is 10.0 Å². The fourth-order valence-corrected chi connectivity index (χ4v) is 5.99. The van der Waals surface area contributed by atoms with Gasteiger partial charge in [-0.25, -0.2) is 0 Å². The molecule has 0 radical (unpaired) electrons. The van der Waals surface area contributed by atoms with Crippen molar-refractivity contribution in [3.05, 3.63) is 69.2 Å². The summed E-state index contributed by atoms with van der Waals surface area (Å²) in [7, 11) is 0. The summed E-state index contributed by atoms with van der Waals surface area (Å²) in [5, 5.41) is 13.8. The number of aliphatic hydroxyl groups excluding tert-OH is 1. The highest BCUT2D eigenvalue weighted by Gasteiger charge is 2.40. The van der Waals surface area contributed by atoms with Gasteiger partial charge >= 0.3 is 6.18 Å². The number of fused-ring (bicyclic) bond motifs is 1. The molecule has 200 valence electrons. The van der Waals surface area contributed by atoms with Gasteiger partial charge in [-0.05, 0) is 66.1 Å². The van der Waals surface area contributed by atoms with Crippen LogP contribution in [0.3, 0.4) is 0 Å². The Bertz CT molecular complexity index is 1420. The van der Waals surface area contributed by atoms with E-state index in [2.05, 4.69) is 10.00 Å². The van der Waals surface area contributed by atoms with E-state index in [4.69, 9.17) is 16.7 Å². The van der Waals surface area contributed by atoms with Gasteiger partial charge in [0, 0.05) is 36.1 Å². The van der Waals surface area contributed by atoms with Crippen LogP contribution in [0.5, 0.6) is 0 Å². The van der Waals surface area contributed by atoms with Crippen molar-refractivity contribution in [3.63, 3.8) is 0 Å². The Balaban J connectivity index is 1.34. The van der Waals surface area contributed by atoms with Crippen LogP contribution in [0.25, 0.3) is 17.0 Å². The first-order valence-electron chi connectivity index (χ1n) is 12.1. The molecule has 38 heavy (non-hydrogen) atoms. The highest BCUT2D eigenvalue weighted by Crippen LogP contribution is 2.37. The Hall–Kier alpha value is -2.86. The van der Waals surface area contributed by atoms with Crippen LogP contribution in [0, 0.1) is 0 Å². The molecule has 7 nitrogen and oxygen atoms in total. The molecule has 0 unspecified atom stereocenters. The van der Waals surface area contributed by atoms with Crippen LogP contribution in [-0.2, 0) is 17.5 Å². The van der Waals surface area contributed by atoms with Crippen molar-refractivity contribution >= 4 is 51.5 Å². The number of hydrogen-bond donors (Lipinski definition) is 1. The molecule has 12 heteroatoms. The van der Waals surface area contributed by atoms with Crippen molar-refractivity contribution < 1.29 is 27.9 Å². The summed E-state index contributed by atoms with van der Waals surface area (Å²) in [6.45, 7) is 2.00. The molecule has 0 atom stereocenters. The zero-order valence-electron chi connectivity index (χ0n) is 20.1. The van der Waals surface area contributed by atoms with E-state index in [0.717, 1.165) is 17.8 Å². The van der Waals surface area contributed by atoms with Crippen LogP contribution in [-0.4, -0.2) is 68.1 Å². The maximum atomic E-state index is 13.5. The summed E-state index contributed by atoms with van der Waals surface area (Å²) >= 11 is 6.69. The summed E-state index contributed by atoms with van der Waals surface area (Å²) in [5.41, 5.74) is 0.558. The number of rotatable bonds is 6. The van der Waals surface area contributed by atoms with Gasteiger partial charge in [0.15, 0.2) is 0 Å². The van der Waals surface area contributed by atoms with E-state index in [1.54, 1.807) is 30.5 Å². The first-order valence-corrected chi connectivity index (χ1v) is 13.2. The molecule has 5 rings (SSSR count). The summed E-state index contributed by atoms with van der Waals surface area (Å²) in [6.07, 6.45) is 0.00132. The van der Waals surface area contributed by atoms with Crippen molar-refractivity contribution in [1.82, 2.24) is 19.6 Å². The molecular weight excluding hydrogens is 541 g/mol. The molecule has 1 N–H and O–H groups in total. The fraction of sp³-hybridized carbons (Fsp3) is 0.346. The standard InChI is InChI=1S/C26H24ClF3N4O3S/c27-19-3-2-17(21(13-19)26(28,29)30)15-33-22-4-1-16(11-18(22)14-31-33)12-23-24(36)34(25(37)38-23)20-5-7-32(8-6-20)9-10-35/h1-4,11-14,20,35H,5-10,15H2/b23-12-. The minimum atomic E-state index is -4.55. The van der Waals surface area contributed by atoms with Crippen molar-refractivity contribution in [3.8, 4) is 0 Å². The van der Waals surface area contributed by atoms with Gasteiger partial charge in [0.1, 0.15) is 0 Å². The average Bonchev–Trinajstić information content (AvgIpc) is 3.39. The molecule has 1 aromatic heterocycles. The number of amides is 2. The van der Waals surface area contributed by atoms with Gasteiger partial charge in [-0.1, -0.05) is 23.7 Å². The summed E-state index contributed by atoms with van der Waals surface area (Å²) in [4.78, 5) is 29.5. The van der Waals surface area contributed by atoms with E-state index in [9.17, 15) is 22.8 Å². The van der Waals surface area contributed by atoms with Gasteiger partial charge in [0.25, 0.3) is 11.1 Å². The van der Waals surface area contributed by atoms with Crippen molar-refractivity contribution in [1.29, 1.82) is 0 Å². The number of carbonyl (C=O) groups is 2. The number of piperidine rings is 1. The first kappa shape index (κ1) is 26.7. The zero-order valence-corrected chi connectivity index (χ0v) is 21.7. The largest absolute Gasteiger partial charge is 0.416 e. The predicted molar refractivity (Wildman–Crippen MR) is 140 cm³/mol. The van der Waals surface area contributed by atoms with E-state index in [0.29, 0.717) is 53.8 Å². The smallest absolute Gasteiger partial charge is 0.395 e. The lowest BCUT2D eigenvalue weighted by molar-refractivity contribution is -0.138. The number of β-amino-alcohol motifs (C(OH)–C–C–N with tert-alkyl or cyclic N) is 1. The molecule has 2 aromatic carbocycles. The van der Waals surface area contributed by atoms with Crippen LogP contribution in [0.2, 0.25) is 5.02 Å². The molecule has 3 heterocycles. The quantitative estimate of drug-likeness (QED) is 0.412. The molecule has 0 aliphatic carbocycles. The minimum Gasteiger partial charge on any atom is -0.395 e. The van der Waals surface area contributed by atoms with Crippen LogP contribution in [0.1, 0.15) is 29.5 Å². The van der Waals surface area contributed by atoms with Crippen LogP contribution < -0.4 is 0 Å². The van der Waals surface area contributed by atoms with Crippen molar-refractivity contribution in [2.45, 2.75) is 31.6 Å². The highest BCUT2D eigenvalue weighted by molar-refractivity contribution is 8.18. The van der Waals surface area contributed by atoms with Crippen molar-refractivity contribution in [2.24, 2.45) is 0 Å². The lowest BCUT2D eigenvalue weighted by Gasteiger charge is -2.34. The van der Waals surface area contributed by atoms with Crippen molar-refractivity contribution in [2.75, 3.05) is 26.2 Å². The van der Waals surface area contributed by atoms with E-state index in [-0.39, 0.29) is 40.9 Å². The number of halogens is 4. The molecule has 2 aliphatic heterocycles. The summed E-state index contributed by atoms with van der Waals surface area (Å²) < 4.78 is 42.0.